The monoisotopic (exact) mass is 294 g/mol. The SMILES string of the molecule is Cc1n[nH]c(C)c1CNC(=O)N(C)C1CCC(CO)CC1. The lowest BCUT2D eigenvalue weighted by molar-refractivity contribution is 0.134. The molecule has 1 aromatic heterocycles. The van der Waals surface area contributed by atoms with Gasteiger partial charge in [-0.15, -0.1) is 0 Å². The molecule has 1 aliphatic carbocycles. The lowest BCUT2D eigenvalue weighted by Crippen LogP contribution is -2.45. The highest BCUT2D eigenvalue weighted by Crippen LogP contribution is 2.26. The van der Waals surface area contributed by atoms with E-state index in [9.17, 15) is 4.79 Å². The minimum Gasteiger partial charge on any atom is -0.396 e. The highest BCUT2D eigenvalue weighted by Gasteiger charge is 2.26. The molecule has 6 heteroatoms. The fourth-order valence-corrected chi connectivity index (χ4v) is 3.00. The molecular formula is C15H26N4O2. The van der Waals surface area contributed by atoms with Gasteiger partial charge in [0.2, 0.25) is 0 Å². The number of aryl methyl sites for hydroxylation is 2. The molecule has 0 aliphatic heterocycles. The van der Waals surface area contributed by atoms with Gasteiger partial charge in [-0.1, -0.05) is 0 Å². The molecule has 0 saturated heterocycles. The van der Waals surface area contributed by atoms with Crippen LogP contribution in [0.15, 0.2) is 0 Å². The maximum Gasteiger partial charge on any atom is 0.317 e. The molecule has 1 saturated carbocycles. The smallest absolute Gasteiger partial charge is 0.317 e. The number of amides is 2. The van der Waals surface area contributed by atoms with E-state index in [1.807, 2.05) is 20.9 Å². The number of hydrogen-bond donors (Lipinski definition) is 3. The van der Waals surface area contributed by atoms with Crippen LogP contribution in [0.4, 0.5) is 4.79 Å². The second kappa shape index (κ2) is 6.93. The van der Waals surface area contributed by atoms with Gasteiger partial charge in [0.1, 0.15) is 0 Å². The molecule has 2 amide bonds. The van der Waals surface area contributed by atoms with E-state index in [1.165, 1.54) is 0 Å². The van der Waals surface area contributed by atoms with Crippen molar-refractivity contribution in [2.45, 2.75) is 52.1 Å². The van der Waals surface area contributed by atoms with E-state index in [-0.39, 0.29) is 18.7 Å². The van der Waals surface area contributed by atoms with Gasteiger partial charge in [0.25, 0.3) is 0 Å². The summed E-state index contributed by atoms with van der Waals surface area (Å²) in [6.07, 6.45) is 3.94. The quantitative estimate of drug-likeness (QED) is 0.791. The number of H-pyrrole nitrogens is 1. The van der Waals surface area contributed by atoms with Gasteiger partial charge in [0, 0.05) is 37.5 Å². The van der Waals surface area contributed by atoms with Crippen LogP contribution in [0.25, 0.3) is 0 Å². The summed E-state index contributed by atoms with van der Waals surface area (Å²) in [6, 6.07) is 0.238. The zero-order valence-electron chi connectivity index (χ0n) is 13.1. The fourth-order valence-electron chi connectivity index (χ4n) is 3.00. The minimum atomic E-state index is -0.0394. The van der Waals surface area contributed by atoms with Crippen LogP contribution in [-0.2, 0) is 6.54 Å². The number of aliphatic hydroxyl groups excluding tert-OH is 1. The summed E-state index contributed by atoms with van der Waals surface area (Å²) >= 11 is 0. The van der Waals surface area contributed by atoms with Crippen molar-refractivity contribution in [2.75, 3.05) is 13.7 Å². The Morgan fingerprint density at radius 1 is 1.38 bits per heavy atom. The van der Waals surface area contributed by atoms with E-state index >= 15 is 0 Å². The largest absolute Gasteiger partial charge is 0.396 e. The van der Waals surface area contributed by atoms with Gasteiger partial charge in [-0.3, -0.25) is 5.10 Å². The Labute approximate surface area is 125 Å². The van der Waals surface area contributed by atoms with Gasteiger partial charge in [-0.25, -0.2) is 4.79 Å². The number of nitrogens with zero attached hydrogens (tertiary/aromatic N) is 2. The number of nitrogens with one attached hydrogen (secondary N) is 2. The standard InChI is InChI=1S/C15H26N4O2/c1-10-14(11(2)18-17-10)8-16-15(21)19(3)13-6-4-12(9-20)5-7-13/h12-13,20H,4-9H2,1-3H3,(H,16,21)(H,17,18). The predicted molar refractivity (Wildman–Crippen MR) is 80.9 cm³/mol. The van der Waals surface area contributed by atoms with Crippen molar-refractivity contribution in [1.82, 2.24) is 20.4 Å². The molecule has 0 radical (unpaired) electrons. The van der Waals surface area contributed by atoms with E-state index in [1.54, 1.807) is 4.90 Å². The molecule has 118 valence electrons. The number of hydrogen-bond acceptors (Lipinski definition) is 3. The molecule has 1 aromatic rings. The molecular weight excluding hydrogens is 268 g/mol. The predicted octanol–water partition coefficient (Wildman–Crippen LogP) is 1.72. The first-order valence-electron chi connectivity index (χ1n) is 7.64. The first kappa shape index (κ1) is 15.8. The zero-order valence-corrected chi connectivity index (χ0v) is 13.1. The van der Waals surface area contributed by atoms with Gasteiger partial charge < -0.3 is 15.3 Å². The Morgan fingerprint density at radius 3 is 2.57 bits per heavy atom. The second-order valence-electron chi connectivity index (χ2n) is 6.04. The van der Waals surface area contributed by atoms with Crippen molar-refractivity contribution in [3.05, 3.63) is 17.0 Å². The molecule has 0 atom stereocenters. The molecule has 1 aliphatic rings. The normalized spacial score (nSPS) is 22.1. The summed E-state index contributed by atoms with van der Waals surface area (Å²) in [4.78, 5) is 14.0. The highest BCUT2D eigenvalue weighted by molar-refractivity contribution is 5.74. The van der Waals surface area contributed by atoms with Crippen LogP contribution < -0.4 is 5.32 Å². The first-order valence-corrected chi connectivity index (χ1v) is 7.64. The van der Waals surface area contributed by atoms with Crippen LogP contribution in [0.5, 0.6) is 0 Å². The van der Waals surface area contributed by atoms with Crippen LogP contribution >= 0.6 is 0 Å². The molecule has 1 heterocycles. The van der Waals surface area contributed by atoms with Crippen molar-refractivity contribution >= 4 is 6.03 Å². The van der Waals surface area contributed by atoms with Crippen LogP contribution in [0.3, 0.4) is 0 Å². The number of carbonyl (C=O) groups excluding carboxylic acids is 1. The average Bonchev–Trinajstić information content (AvgIpc) is 2.83. The number of aromatic amines is 1. The van der Waals surface area contributed by atoms with Crippen molar-refractivity contribution in [2.24, 2.45) is 5.92 Å². The summed E-state index contributed by atoms with van der Waals surface area (Å²) in [7, 11) is 1.86. The summed E-state index contributed by atoms with van der Waals surface area (Å²) < 4.78 is 0. The van der Waals surface area contributed by atoms with Gasteiger partial charge in [-0.2, -0.15) is 5.10 Å². The summed E-state index contributed by atoms with van der Waals surface area (Å²) in [5.74, 6) is 0.411. The second-order valence-corrected chi connectivity index (χ2v) is 6.04. The number of aromatic nitrogens is 2. The maximum atomic E-state index is 12.2. The number of aliphatic hydroxyl groups is 1. The number of rotatable bonds is 4. The van der Waals surface area contributed by atoms with Crippen LogP contribution in [0.2, 0.25) is 0 Å². The van der Waals surface area contributed by atoms with Gasteiger partial charge in [0.05, 0.1) is 5.69 Å². The van der Waals surface area contributed by atoms with Crippen molar-refractivity contribution in [1.29, 1.82) is 0 Å². The van der Waals surface area contributed by atoms with Gasteiger partial charge >= 0.3 is 6.03 Å². The number of carbonyl (C=O) groups is 1. The van der Waals surface area contributed by atoms with E-state index in [4.69, 9.17) is 5.11 Å². The molecule has 0 unspecified atom stereocenters. The lowest BCUT2D eigenvalue weighted by Gasteiger charge is -2.34. The highest BCUT2D eigenvalue weighted by atomic mass is 16.3. The molecule has 1 fully saturated rings. The molecule has 3 N–H and O–H groups in total. The zero-order chi connectivity index (χ0) is 15.4. The van der Waals surface area contributed by atoms with Gasteiger partial charge in [-0.05, 0) is 45.4 Å². The fraction of sp³-hybridized carbons (Fsp3) is 0.733. The lowest BCUT2D eigenvalue weighted by atomic mass is 9.86. The molecule has 21 heavy (non-hydrogen) atoms. The Morgan fingerprint density at radius 2 is 2.05 bits per heavy atom. The third kappa shape index (κ3) is 3.75. The summed E-state index contributed by atoms with van der Waals surface area (Å²) in [5, 5.41) is 19.2. The molecule has 0 aromatic carbocycles. The first-order chi connectivity index (χ1) is 10.0. The summed E-state index contributed by atoms with van der Waals surface area (Å²) in [5.41, 5.74) is 2.98. The minimum absolute atomic E-state index is 0.0394. The Balaban J connectivity index is 1.83. The van der Waals surface area contributed by atoms with Crippen molar-refractivity contribution in [3.8, 4) is 0 Å². The molecule has 0 spiro atoms. The summed E-state index contributed by atoms with van der Waals surface area (Å²) in [6.45, 7) is 4.66. The van der Waals surface area contributed by atoms with Crippen molar-refractivity contribution < 1.29 is 9.90 Å². The average molecular weight is 294 g/mol. The topological polar surface area (TPSA) is 81.2 Å². The van der Waals surface area contributed by atoms with Gasteiger partial charge in [0.15, 0.2) is 0 Å². The van der Waals surface area contributed by atoms with E-state index in [2.05, 4.69) is 15.5 Å². The molecule has 0 bridgehead atoms. The number of urea groups is 1. The third-order valence-corrected chi connectivity index (χ3v) is 4.64. The van der Waals surface area contributed by atoms with E-state index < -0.39 is 0 Å². The third-order valence-electron chi connectivity index (χ3n) is 4.64. The maximum absolute atomic E-state index is 12.2. The van der Waals surface area contributed by atoms with E-state index in [0.717, 1.165) is 42.6 Å². The van der Waals surface area contributed by atoms with Crippen LogP contribution in [0, 0.1) is 19.8 Å². The Kier molecular flexibility index (Phi) is 5.22. The molecule has 2 rings (SSSR count). The van der Waals surface area contributed by atoms with E-state index in [0.29, 0.717) is 12.5 Å². The molecule has 6 nitrogen and oxygen atoms in total. The Bertz CT molecular complexity index is 459. The Hall–Kier alpha value is -1.56. The van der Waals surface area contributed by atoms with Crippen LogP contribution in [0.1, 0.15) is 42.6 Å². The van der Waals surface area contributed by atoms with Crippen molar-refractivity contribution in [3.63, 3.8) is 0 Å². The van der Waals surface area contributed by atoms with Crippen LogP contribution in [-0.4, -0.2) is 45.9 Å².